The van der Waals surface area contributed by atoms with E-state index in [2.05, 4.69) is 20.8 Å². The Morgan fingerprint density at radius 2 is 2.15 bits per heavy atom. The van der Waals surface area contributed by atoms with Crippen molar-refractivity contribution in [2.45, 2.75) is 25.4 Å². The SMILES string of the molecule is O=C1NCCCC1NCc1nnc(-c2ccccc2)o1. The first-order valence-corrected chi connectivity index (χ1v) is 6.72. The van der Waals surface area contributed by atoms with Gasteiger partial charge in [-0.15, -0.1) is 10.2 Å². The van der Waals surface area contributed by atoms with Gasteiger partial charge in [0.15, 0.2) is 0 Å². The molecule has 1 aliphatic heterocycles. The van der Waals surface area contributed by atoms with Gasteiger partial charge < -0.3 is 9.73 Å². The quantitative estimate of drug-likeness (QED) is 0.871. The number of aromatic nitrogens is 2. The van der Waals surface area contributed by atoms with E-state index in [9.17, 15) is 4.79 Å². The first-order chi connectivity index (χ1) is 9.83. The van der Waals surface area contributed by atoms with E-state index in [-0.39, 0.29) is 11.9 Å². The summed E-state index contributed by atoms with van der Waals surface area (Å²) in [5.74, 6) is 1.02. The number of nitrogens with zero attached hydrogens (tertiary/aromatic N) is 2. The molecule has 1 saturated heterocycles. The highest BCUT2D eigenvalue weighted by molar-refractivity contribution is 5.82. The number of carbonyl (C=O) groups is 1. The summed E-state index contributed by atoms with van der Waals surface area (Å²) >= 11 is 0. The summed E-state index contributed by atoms with van der Waals surface area (Å²) in [5, 5.41) is 14.0. The van der Waals surface area contributed by atoms with Crippen molar-refractivity contribution in [1.29, 1.82) is 0 Å². The van der Waals surface area contributed by atoms with E-state index in [4.69, 9.17) is 4.42 Å². The van der Waals surface area contributed by atoms with Crippen LogP contribution in [0, 0.1) is 0 Å². The molecule has 1 fully saturated rings. The number of nitrogens with one attached hydrogen (secondary N) is 2. The zero-order valence-corrected chi connectivity index (χ0v) is 11.0. The Morgan fingerprint density at radius 1 is 1.30 bits per heavy atom. The first-order valence-electron chi connectivity index (χ1n) is 6.72. The summed E-state index contributed by atoms with van der Waals surface area (Å²) in [6.07, 6.45) is 1.83. The maximum Gasteiger partial charge on any atom is 0.247 e. The summed E-state index contributed by atoms with van der Waals surface area (Å²) in [5.41, 5.74) is 0.890. The van der Waals surface area contributed by atoms with Crippen molar-refractivity contribution in [1.82, 2.24) is 20.8 Å². The van der Waals surface area contributed by atoms with E-state index >= 15 is 0 Å². The molecule has 6 heteroatoms. The van der Waals surface area contributed by atoms with Crippen molar-refractivity contribution >= 4 is 5.91 Å². The van der Waals surface area contributed by atoms with E-state index in [0.29, 0.717) is 18.3 Å². The second-order valence-electron chi connectivity index (χ2n) is 4.73. The zero-order chi connectivity index (χ0) is 13.8. The summed E-state index contributed by atoms with van der Waals surface area (Å²) in [6, 6.07) is 9.44. The Labute approximate surface area is 116 Å². The fraction of sp³-hybridized carbons (Fsp3) is 0.357. The fourth-order valence-electron chi connectivity index (χ4n) is 2.20. The van der Waals surface area contributed by atoms with E-state index in [1.165, 1.54) is 0 Å². The third kappa shape index (κ3) is 2.85. The van der Waals surface area contributed by atoms with Gasteiger partial charge in [0, 0.05) is 12.1 Å². The Kier molecular flexibility index (Phi) is 3.73. The molecule has 1 unspecified atom stereocenters. The average molecular weight is 272 g/mol. The van der Waals surface area contributed by atoms with Gasteiger partial charge in [-0.05, 0) is 25.0 Å². The zero-order valence-electron chi connectivity index (χ0n) is 11.0. The number of hydrogen-bond donors (Lipinski definition) is 2. The number of amides is 1. The van der Waals surface area contributed by atoms with Crippen LogP contribution in [0.2, 0.25) is 0 Å². The molecule has 0 radical (unpaired) electrons. The molecule has 1 amide bonds. The fourth-order valence-corrected chi connectivity index (χ4v) is 2.20. The molecular formula is C14H16N4O2. The van der Waals surface area contributed by atoms with Crippen LogP contribution in [0.3, 0.4) is 0 Å². The number of carbonyl (C=O) groups excluding carboxylic acids is 1. The summed E-state index contributed by atoms with van der Waals surface area (Å²) in [4.78, 5) is 11.6. The van der Waals surface area contributed by atoms with Crippen molar-refractivity contribution in [3.05, 3.63) is 36.2 Å². The summed E-state index contributed by atoms with van der Waals surface area (Å²) in [6.45, 7) is 1.16. The molecule has 1 aromatic carbocycles. The Hall–Kier alpha value is -2.21. The topological polar surface area (TPSA) is 80.0 Å². The van der Waals surface area contributed by atoms with Crippen molar-refractivity contribution in [2.75, 3.05) is 6.54 Å². The van der Waals surface area contributed by atoms with Gasteiger partial charge in [0.1, 0.15) is 0 Å². The van der Waals surface area contributed by atoms with Crippen LogP contribution in [0.25, 0.3) is 11.5 Å². The standard InChI is InChI=1S/C14H16N4O2/c19-13-11(7-4-8-15-13)16-9-12-17-18-14(20-12)10-5-2-1-3-6-10/h1-3,5-6,11,16H,4,7-9H2,(H,15,19). The third-order valence-electron chi connectivity index (χ3n) is 3.27. The van der Waals surface area contributed by atoms with Gasteiger partial charge in [0.05, 0.1) is 12.6 Å². The Bertz CT molecular complexity index is 582. The minimum atomic E-state index is -0.171. The molecule has 0 spiro atoms. The second-order valence-corrected chi connectivity index (χ2v) is 4.73. The highest BCUT2D eigenvalue weighted by atomic mass is 16.4. The minimum absolute atomic E-state index is 0.0408. The summed E-state index contributed by atoms with van der Waals surface area (Å²) in [7, 11) is 0. The lowest BCUT2D eigenvalue weighted by Crippen LogP contribution is -2.47. The summed E-state index contributed by atoms with van der Waals surface area (Å²) < 4.78 is 5.58. The van der Waals surface area contributed by atoms with E-state index < -0.39 is 0 Å². The predicted molar refractivity (Wildman–Crippen MR) is 72.6 cm³/mol. The number of piperidine rings is 1. The predicted octanol–water partition coefficient (Wildman–Crippen LogP) is 1.10. The lowest BCUT2D eigenvalue weighted by Gasteiger charge is -2.21. The third-order valence-corrected chi connectivity index (χ3v) is 3.27. The van der Waals surface area contributed by atoms with Gasteiger partial charge in [0.2, 0.25) is 17.7 Å². The van der Waals surface area contributed by atoms with Gasteiger partial charge in [-0.25, -0.2) is 0 Å². The maximum absolute atomic E-state index is 11.6. The second kappa shape index (κ2) is 5.83. The number of benzene rings is 1. The molecule has 0 aliphatic carbocycles. The van der Waals surface area contributed by atoms with Crippen LogP contribution in [-0.4, -0.2) is 28.7 Å². The highest BCUT2D eigenvalue weighted by Crippen LogP contribution is 2.16. The van der Waals surface area contributed by atoms with Crippen molar-refractivity contribution in [2.24, 2.45) is 0 Å². The van der Waals surface area contributed by atoms with Crippen molar-refractivity contribution in [3.63, 3.8) is 0 Å². The lowest BCUT2D eigenvalue weighted by molar-refractivity contribution is -0.124. The number of hydrogen-bond acceptors (Lipinski definition) is 5. The molecule has 2 heterocycles. The molecule has 3 rings (SSSR count). The van der Waals surface area contributed by atoms with Crippen LogP contribution in [0.5, 0.6) is 0 Å². The molecule has 1 aliphatic rings. The van der Waals surface area contributed by atoms with E-state index in [0.717, 1.165) is 24.9 Å². The molecule has 20 heavy (non-hydrogen) atoms. The van der Waals surface area contributed by atoms with Crippen molar-refractivity contribution in [3.8, 4) is 11.5 Å². The molecule has 2 N–H and O–H groups in total. The average Bonchev–Trinajstić information content (AvgIpc) is 2.96. The molecule has 6 nitrogen and oxygen atoms in total. The van der Waals surface area contributed by atoms with Crippen LogP contribution in [0.15, 0.2) is 34.7 Å². The van der Waals surface area contributed by atoms with Crippen LogP contribution in [0.4, 0.5) is 0 Å². The van der Waals surface area contributed by atoms with Crippen LogP contribution >= 0.6 is 0 Å². The molecular weight excluding hydrogens is 256 g/mol. The molecule has 1 atom stereocenters. The Morgan fingerprint density at radius 3 is 2.95 bits per heavy atom. The smallest absolute Gasteiger partial charge is 0.247 e. The first kappa shape index (κ1) is 12.8. The van der Waals surface area contributed by atoms with E-state index in [1.54, 1.807) is 0 Å². The molecule has 0 saturated carbocycles. The molecule has 2 aromatic rings. The number of rotatable bonds is 4. The minimum Gasteiger partial charge on any atom is -0.419 e. The van der Waals surface area contributed by atoms with Gasteiger partial charge in [0.25, 0.3) is 0 Å². The van der Waals surface area contributed by atoms with Gasteiger partial charge in [-0.1, -0.05) is 18.2 Å². The highest BCUT2D eigenvalue weighted by Gasteiger charge is 2.21. The lowest BCUT2D eigenvalue weighted by atomic mass is 10.1. The van der Waals surface area contributed by atoms with Gasteiger partial charge in [-0.2, -0.15) is 0 Å². The maximum atomic E-state index is 11.6. The largest absolute Gasteiger partial charge is 0.419 e. The molecule has 0 bridgehead atoms. The Balaban J connectivity index is 1.61. The van der Waals surface area contributed by atoms with Crippen LogP contribution in [0.1, 0.15) is 18.7 Å². The monoisotopic (exact) mass is 272 g/mol. The van der Waals surface area contributed by atoms with Gasteiger partial charge in [-0.3, -0.25) is 10.1 Å². The van der Waals surface area contributed by atoms with Gasteiger partial charge >= 0.3 is 0 Å². The van der Waals surface area contributed by atoms with E-state index in [1.807, 2.05) is 30.3 Å². The molecule has 104 valence electrons. The van der Waals surface area contributed by atoms with Crippen molar-refractivity contribution < 1.29 is 9.21 Å². The normalized spacial score (nSPS) is 18.8. The molecule has 1 aromatic heterocycles. The van der Waals surface area contributed by atoms with Crippen LogP contribution in [-0.2, 0) is 11.3 Å². The van der Waals surface area contributed by atoms with Crippen LogP contribution < -0.4 is 10.6 Å².